The topological polar surface area (TPSA) is 78.4 Å². The number of nitrogens with zero attached hydrogens (tertiary/aromatic N) is 4. The average Bonchev–Trinajstić information content (AvgIpc) is 3.09. The molecule has 0 saturated carbocycles. The Labute approximate surface area is 161 Å². The Morgan fingerprint density at radius 1 is 1.16 bits per heavy atom. The zero-order valence-corrected chi connectivity index (χ0v) is 17.1. The van der Waals surface area contributed by atoms with Crippen LogP contribution in [0.4, 0.5) is 17.5 Å². The summed E-state index contributed by atoms with van der Waals surface area (Å²) in [5.41, 5.74) is 0.367. The summed E-state index contributed by atoms with van der Waals surface area (Å²) in [7, 11) is -0.0274. The van der Waals surface area contributed by atoms with E-state index in [1.165, 1.54) is 0 Å². The van der Waals surface area contributed by atoms with E-state index in [9.17, 15) is 8.42 Å². The molecule has 0 bridgehead atoms. The molecule has 1 N–H and O–H groups in total. The SMILES string of the molecule is CN(C)c1nc(N2CCCC2)ncc1NS(=O)(=O)c1ccc(I)cc1. The van der Waals surface area contributed by atoms with E-state index in [-0.39, 0.29) is 4.90 Å². The molecule has 0 amide bonds. The lowest BCUT2D eigenvalue weighted by Gasteiger charge is -2.21. The molecule has 1 saturated heterocycles. The standard InChI is InChI=1S/C16H20IN5O2S/c1-21(2)15-14(11-18-16(19-15)22-9-3-4-10-22)20-25(23,24)13-7-5-12(17)6-8-13/h5-8,11,20H,3-4,9-10H2,1-2H3. The van der Waals surface area contributed by atoms with E-state index in [1.807, 2.05) is 14.1 Å². The Balaban J connectivity index is 1.92. The van der Waals surface area contributed by atoms with E-state index < -0.39 is 10.0 Å². The molecule has 2 aromatic rings. The second-order valence-electron chi connectivity index (χ2n) is 6.06. The number of hydrogen-bond donors (Lipinski definition) is 1. The molecule has 1 aliphatic heterocycles. The Morgan fingerprint density at radius 2 is 1.80 bits per heavy atom. The molecule has 0 atom stereocenters. The second kappa shape index (κ2) is 7.32. The minimum Gasteiger partial charge on any atom is -0.361 e. The van der Waals surface area contributed by atoms with Crippen LogP contribution in [0, 0.1) is 3.57 Å². The summed E-state index contributed by atoms with van der Waals surface area (Å²) in [6.45, 7) is 1.86. The predicted molar refractivity (Wildman–Crippen MR) is 108 cm³/mol. The van der Waals surface area contributed by atoms with Crippen molar-refractivity contribution < 1.29 is 8.42 Å². The van der Waals surface area contributed by atoms with Crippen molar-refractivity contribution in [2.45, 2.75) is 17.7 Å². The molecule has 3 rings (SSSR count). The Hall–Kier alpha value is -1.62. The van der Waals surface area contributed by atoms with E-state index in [0.717, 1.165) is 29.5 Å². The quantitative estimate of drug-likeness (QED) is 0.673. The monoisotopic (exact) mass is 473 g/mol. The molecular weight excluding hydrogens is 453 g/mol. The van der Waals surface area contributed by atoms with Gasteiger partial charge in [-0.3, -0.25) is 4.72 Å². The summed E-state index contributed by atoms with van der Waals surface area (Å²) in [5.74, 6) is 1.18. The van der Waals surface area contributed by atoms with Crippen LogP contribution in [-0.4, -0.2) is 45.6 Å². The van der Waals surface area contributed by atoms with E-state index in [4.69, 9.17) is 0 Å². The third-order valence-corrected chi connectivity index (χ3v) is 6.04. The molecule has 0 spiro atoms. The summed E-state index contributed by atoms with van der Waals surface area (Å²) >= 11 is 2.14. The van der Waals surface area contributed by atoms with Crippen molar-refractivity contribution in [3.63, 3.8) is 0 Å². The number of benzene rings is 1. The maximum Gasteiger partial charge on any atom is 0.262 e. The molecule has 25 heavy (non-hydrogen) atoms. The van der Waals surface area contributed by atoms with E-state index in [0.29, 0.717) is 17.5 Å². The van der Waals surface area contributed by atoms with Gasteiger partial charge in [0.1, 0.15) is 5.69 Å². The summed E-state index contributed by atoms with van der Waals surface area (Å²) in [6.07, 6.45) is 3.80. The van der Waals surface area contributed by atoms with Crippen molar-refractivity contribution in [2.24, 2.45) is 0 Å². The summed E-state index contributed by atoms with van der Waals surface area (Å²) in [6, 6.07) is 6.68. The summed E-state index contributed by atoms with van der Waals surface area (Å²) in [5, 5.41) is 0. The smallest absolute Gasteiger partial charge is 0.262 e. The fourth-order valence-corrected chi connectivity index (χ4v) is 4.07. The molecule has 0 radical (unpaired) electrons. The number of anilines is 3. The van der Waals surface area contributed by atoms with Crippen molar-refractivity contribution in [2.75, 3.05) is 41.7 Å². The maximum atomic E-state index is 12.6. The molecule has 0 aliphatic carbocycles. The third kappa shape index (κ3) is 4.14. The fourth-order valence-electron chi connectivity index (χ4n) is 2.66. The highest BCUT2D eigenvalue weighted by molar-refractivity contribution is 14.1. The minimum atomic E-state index is -3.69. The van der Waals surface area contributed by atoms with Gasteiger partial charge in [-0.05, 0) is 59.7 Å². The highest BCUT2D eigenvalue weighted by atomic mass is 127. The molecule has 7 nitrogen and oxygen atoms in total. The van der Waals surface area contributed by atoms with Gasteiger partial charge >= 0.3 is 0 Å². The number of aromatic nitrogens is 2. The zero-order chi connectivity index (χ0) is 18.0. The van der Waals surface area contributed by atoms with Crippen molar-refractivity contribution in [3.8, 4) is 0 Å². The molecule has 134 valence electrons. The molecular formula is C16H20IN5O2S. The number of hydrogen-bond acceptors (Lipinski definition) is 6. The van der Waals surface area contributed by atoms with E-state index in [2.05, 4.69) is 42.2 Å². The van der Waals surface area contributed by atoms with Crippen LogP contribution < -0.4 is 14.5 Å². The van der Waals surface area contributed by atoms with Crippen LogP contribution in [-0.2, 0) is 10.0 Å². The Bertz CT molecular complexity index is 849. The number of halogens is 1. The van der Waals surface area contributed by atoms with Gasteiger partial charge in [0.15, 0.2) is 5.82 Å². The molecule has 1 aliphatic rings. The van der Waals surface area contributed by atoms with Gasteiger partial charge in [-0.25, -0.2) is 13.4 Å². The van der Waals surface area contributed by atoms with E-state index in [1.54, 1.807) is 35.4 Å². The van der Waals surface area contributed by atoms with Crippen LogP contribution in [0.1, 0.15) is 12.8 Å². The second-order valence-corrected chi connectivity index (χ2v) is 8.98. The molecule has 1 aromatic heterocycles. The molecule has 1 aromatic carbocycles. The largest absolute Gasteiger partial charge is 0.361 e. The fraction of sp³-hybridized carbons (Fsp3) is 0.375. The molecule has 2 heterocycles. The lowest BCUT2D eigenvalue weighted by molar-refractivity contribution is 0.601. The first kappa shape index (κ1) is 18.2. The summed E-state index contributed by atoms with van der Waals surface area (Å²) in [4.78, 5) is 13.0. The first-order valence-corrected chi connectivity index (χ1v) is 10.5. The van der Waals surface area contributed by atoms with Gasteiger partial charge in [0.2, 0.25) is 5.95 Å². The first-order chi connectivity index (χ1) is 11.9. The Kier molecular flexibility index (Phi) is 5.32. The maximum absolute atomic E-state index is 12.6. The zero-order valence-electron chi connectivity index (χ0n) is 14.1. The van der Waals surface area contributed by atoms with Gasteiger partial charge in [-0.1, -0.05) is 0 Å². The predicted octanol–water partition coefficient (Wildman–Crippen LogP) is 2.55. The number of sulfonamides is 1. The van der Waals surface area contributed by atoms with Gasteiger partial charge < -0.3 is 9.80 Å². The van der Waals surface area contributed by atoms with Crippen LogP contribution in [0.5, 0.6) is 0 Å². The van der Waals surface area contributed by atoms with Gasteiger partial charge in [0.05, 0.1) is 11.1 Å². The van der Waals surface area contributed by atoms with E-state index >= 15 is 0 Å². The van der Waals surface area contributed by atoms with Crippen molar-refractivity contribution >= 4 is 50.1 Å². The van der Waals surface area contributed by atoms with Crippen molar-refractivity contribution in [1.82, 2.24) is 9.97 Å². The number of nitrogens with one attached hydrogen (secondary N) is 1. The van der Waals surface area contributed by atoms with Crippen LogP contribution in [0.25, 0.3) is 0 Å². The van der Waals surface area contributed by atoms with Crippen LogP contribution in [0.15, 0.2) is 35.4 Å². The normalized spacial score (nSPS) is 14.6. The lowest BCUT2D eigenvalue weighted by Crippen LogP contribution is -2.24. The Morgan fingerprint density at radius 3 is 2.40 bits per heavy atom. The number of rotatable bonds is 5. The molecule has 1 fully saturated rings. The molecule has 9 heteroatoms. The van der Waals surface area contributed by atoms with Crippen LogP contribution in [0.3, 0.4) is 0 Å². The van der Waals surface area contributed by atoms with Crippen molar-refractivity contribution in [3.05, 3.63) is 34.0 Å². The van der Waals surface area contributed by atoms with Gasteiger partial charge in [0, 0.05) is 30.8 Å². The highest BCUT2D eigenvalue weighted by Gasteiger charge is 2.21. The van der Waals surface area contributed by atoms with Gasteiger partial charge in [-0.2, -0.15) is 4.98 Å². The van der Waals surface area contributed by atoms with Crippen LogP contribution >= 0.6 is 22.6 Å². The highest BCUT2D eigenvalue weighted by Crippen LogP contribution is 2.27. The first-order valence-electron chi connectivity index (χ1n) is 7.94. The van der Waals surface area contributed by atoms with Gasteiger partial charge in [0.25, 0.3) is 10.0 Å². The van der Waals surface area contributed by atoms with Crippen molar-refractivity contribution in [1.29, 1.82) is 0 Å². The lowest BCUT2D eigenvalue weighted by atomic mass is 10.4. The minimum absolute atomic E-state index is 0.209. The molecule has 0 unspecified atom stereocenters. The van der Waals surface area contributed by atoms with Crippen LogP contribution in [0.2, 0.25) is 0 Å². The summed E-state index contributed by atoms with van der Waals surface area (Å²) < 4.78 is 28.8. The van der Waals surface area contributed by atoms with Gasteiger partial charge in [-0.15, -0.1) is 0 Å². The third-order valence-electron chi connectivity index (χ3n) is 3.94. The average molecular weight is 473 g/mol.